The topological polar surface area (TPSA) is 67.6 Å². The molecule has 0 fully saturated rings. The first kappa shape index (κ1) is 18.5. The largest absolute Gasteiger partial charge is 0.492 e. The van der Waals surface area contributed by atoms with Crippen molar-refractivity contribution in [1.82, 2.24) is 10.2 Å². The van der Waals surface area contributed by atoms with Crippen LogP contribution in [0.25, 0.3) is 0 Å². The van der Waals surface area contributed by atoms with Crippen molar-refractivity contribution in [2.75, 3.05) is 27.2 Å². The molecule has 3 N–H and O–H groups in total. The second kappa shape index (κ2) is 9.43. The molecule has 2 atom stereocenters. The molecule has 0 aliphatic heterocycles. The fourth-order valence-corrected chi connectivity index (χ4v) is 1.91. The molecule has 1 aromatic carbocycles. The summed E-state index contributed by atoms with van der Waals surface area (Å²) in [6, 6.07) is 7.32. The number of benzene rings is 1. The van der Waals surface area contributed by atoms with E-state index in [9.17, 15) is 4.79 Å². The van der Waals surface area contributed by atoms with Gasteiger partial charge in [-0.1, -0.05) is 32.4 Å². The monoisotopic (exact) mass is 307 g/mol. The Balaban J connectivity index is 2.47. The van der Waals surface area contributed by atoms with Gasteiger partial charge in [-0.2, -0.15) is 0 Å². The van der Waals surface area contributed by atoms with E-state index in [1.54, 1.807) is 0 Å². The lowest BCUT2D eigenvalue weighted by molar-refractivity contribution is -0.123. The van der Waals surface area contributed by atoms with Gasteiger partial charge in [-0.3, -0.25) is 4.79 Å². The second-order valence-corrected chi connectivity index (χ2v) is 5.93. The van der Waals surface area contributed by atoms with Crippen molar-refractivity contribution in [1.29, 1.82) is 0 Å². The van der Waals surface area contributed by atoms with Gasteiger partial charge in [0, 0.05) is 13.1 Å². The van der Waals surface area contributed by atoms with E-state index < -0.39 is 6.04 Å². The van der Waals surface area contributed by atoms with Crippen LogP contribution in [0.1, 0.15) is 25.8 Å². The van der Waals surface area contributed by atoms with Gasteiger partial charge in [0.25, 0.3) is 0 Å². The van der Waals surface area contributed by atoms with Crippen LogP contribution in [-0.2, 0) is 11.3 Å². The molecule has 1 rings (SSSR count). The summed E-state index contributed by atoms with van der Waals surface area (Å²) in [6.07, 6.45) is 0.893. The molecule has 0 aliphatic rings. The minimum absolute atomic E-state index is 0.103. The lowest BCUT2D eigenvalue weighted by atomic mass is 9.99. The van der Waals surface area contributed by atoms with Gasteiger partial charge in [-0.15, -0.1) is 0 Å². The van der Waals surface area contributed by atoms with Gasteiger partial charge >= 0.3 is 0 Å². The average Bonchev–Trinajstić information content (AvgIpc) is 2.51. The van der Waals surface area contributed by atoms with E-state index in [1.165, 1.54) is 0 Å². The van der Waals surface area contributed by atoms with E-state index in [0.29, 0.717) is 13.2 Å². The lowest BCUT2D eigenvalue weighted by Gasteiger charge is -2.18. The zero-order valence-corrected chi connectivity index (χ0v) is 14.1. The molecule has 0 spiro atoms. The molecule has 0 radical (unpaired) electrons. The van der Waals surface area contributed by atoms with Gasteiger partial charge in [0.1, 0.15) is 12.4 Å². The molecule has 0 saturated carbocycles. The Labute approximate surface area is 133 Å². The Bertz CT molecular complexity index is 463. The van der Waals surface area contributed by atoms with Gasteiger partial charge < -0.3 is 20.7 Å². The quantitative estimate of drug-likeness (QED) is 0.727. The van der Waals surface area contributed by atoms with Crippen LogP contribution in [0.5, 0.6) is 5.75 Å². The van der Waals surface area contributed by atoms with Gasteiger partial charge in [0.05, 0.1) is 6.04 Å². The van der Waals surface area contributed by atoms with Crippen LogP contribution < -0.4 is 15.8 Å². The van der Waals surface area contributed by atoms with E-state index in [2.05, 4.69) is 10.2 Å². The van der Waals surface area contributed by atoms with E-state index in [-0.39, 0.29) is 11.8 Å². The molecular formula is C17H29N3O2. The molecule has 1 aromatic rings. The first-order valence-corrected chi connectivity index (χ1v) is 7.83. The number of likely N-dealkylation sites (N-methyl/N-ethyl adjacent to an activating group) is 1. The summed E-state index contributed by atoms with van der Waals surface area (Å²) in [5.74, 6) is 0.897. The minimum atomic E-state index is -0.454. The third-order valence-electron chi connectivity index (χ3n) is 3.73. The Morgan fingerprint density at radius 1 is 1.41 bits per heavy atom. The smallest absolute Gasteiger partial charge is 0.237 e. The Hall–Kier alpha value is -1.59. The van der Waals surface area contributed by atoms with Gasteiger partial charge in [-0.05, 0) is 37.7 Å². The summed E-state index contributed by atoms with van der Waals surface area (Å²) in [6.45, 7) is 6.00. The highest BCUT2D eigenvalue weighted by Gasteiger charge is 2.18. The summed E-state index contributed by atoms with van der Waals surface area (Å²) in [5, 5.41) is 2.89. The number of ether oxygens (including phenoxy) is 1. The highest BCUT2D eigenvalue weighted by molar-refractivity contribution is 5.81. The highest BCUT2D eigenvalue weighted by atomic mass is 16.5. The van der Waals surface area contributed by atoms with E-state index >= 15 is 0 Å². The van der Waals surface area contributed by atoms with Crippen LogP contribution in [0.3, 0.4) is 0 Å². The third-order valence-corrected chi connectivity index (χ3v) is 3.73. The minimum Gasteiger partial charge on any atom is -0.492 e. The summed E-state index contributed by atoms with van der Waals surface area (Å²) in [4.78, 5) is 14.0. The van der Waals surface area contributed by atoms with Gasteiger partial charge in [-0.25, -0.2) is 0 Å². The van der Waals surface area contributed by atoms with Crippen LogP contribution in [0.4, 0.5) is 0 Å². The van der Waals surface area contributed by atoms with Crippen molar-refractivity contribution in [3.8, 4) is 5.75 Å². The van der Waals surface area contributed by atoms with E-state index in [1.807, 2.05) is 52.2 Å². The third kappa shape index (κ3) is 6.45. The number of carbonyl (C=O) groups is 1. The summed E-state index contributed by atoms with van der Waals surface area (Å²) >= 11 is 0. The zero-order valence-electron chi connectivity index (χ0n) is 14.1. The van der Waals surface area contributed by atoms with Crippen molar-refractivity contribution in [2.45, 2.75) is 32.9 Å². The molecule has 0 bridgehead atoms. The van der Waals surface area contributed by atoms with Crippen molar-refractivity contribution in [2.24, 2.45) is 11.7 Å². The van der Waals surface area contributed by atoms with E-state index in [0.717, 1.165) is 24.3 Å². The Morgan fingerprint density at radius 3 is 2.77 bits per heavy atom. The number of amides is 1. The SMILES string of the molecule is CCC(C)C(N)C(=O)NCc1cccc(OCCN(C)C)c1. The summed E-state index contributed by atoms with van der Waals surface area (Å²) in [5.41, 5.74) is 6.92. The maximum atomic E-state index is 12.0. The van der Waals surface area contributed by atoms with Gasteiger partial charge in [0.15, 0.2) is 0 Å². The molecule has 0 aromatic heterocycles. The zero-order chi connectivity index (χ0) is 16.5. The average molecular weight is 307 g/mol. The number of rotatable bonds is 9. The standard InChI is InChI=1S/C17H29N3O2/c1-5-13(2)16(18)17(21)19-12-14-7-6-8-15(11-14)22-10-9-20(3)4/h6-8,11,13,16H,5,9-10,12,18H2,1-4H3,(H,19,21). The first-order valence-electron chi connectivity index (χ1n) is 7.83. The molecule has 0 aliphatic carbocycles. The number of nitrogens with one attached hydrogen (secondary N) is 1. The number of carbonyl (C=O) groups excluding carboxylic acids is 1. The molecule has 124 valence electrons. The van der Waals surface area contributed by atoms with Crippen molar-refractivity contribution < 1.29 is 9.53 Å². The van der Waals surface area contributed by atoms with Crippen molar-refractivity contribution in [3.63, 3.8) is 0 Å². The fourth-order valence-electron chi connectivity index (χ4n) is 1.91. The molecule has 5 nitrogen and oxygen atoms in total. The molecular weight excluding hydrogens is 278 g/mol. The highest BCUT2D eigenvalue weighted by Crippen LogP contribution is 2.13. The Kier molecular flexibility index (Phi) is 7.91. The van der Waals surface area contributed by atoms with Crippen LogP contribution in [0.15, 0.2) is 24.3 Å². The summed E-state index contributed by atoms with van der Waals surface area (Å²) < 4.78 is 5.69. The number of nitrogens with two attached hydrogens (primary N) is 1. The van der Waals surface area contributed by atoms with Crippen LogP contribution in [0.2, 0.25) is 0 Å². The van der Waals surface area contributed by atoms with Crippen LogP contribution in [-0.4, -0.2) is 44.1 Å². The lowest BCUT2D eigenvalue weighted by Crippen LogP contribution is -2.44. The molecule has 5 heteroatoms. The van der Waals surface area contributed by atoms with Gasteiger partial charge in [0.2, 0.25) is 5.91 Å². The summed E-state index contributed by atoms with van der Waals surface area (Å²) in [7, 11) is 4.02. The van der Waals surface area contributed by atoms with Crippen LogP contribution >= 0.6 is 0 Å². The predicted octanol–water partition coefficient (Wildman–Crippen LogP) is 1.62. The fraction of sp³-hybridized carbons (Fsp3) is 0.588. The first-order chi connectivity index (χ1) is 10.4. The normalized spacial score (nSPS) is 13.7. The molecule has 0 saturated heterocycles. The maximum absolute atomic E-state index is 12.0. The maximum Gasteiger partial charge on any atom is 0.237 e. The Morgan fingerprint density at radius 2 is 2.14 bits per heavy atom. The van der Waals surface area contributed by atoms with E-state index in [4.69, 9.17) is 10.5 Å². The second-order valence-electron chi connectivity index (χ2n) is 5.93. The van der Waals surface area contributed by atoms with Crippen molar-refractivity contribution >= 4 is 5.91 Å². The predicted molar refractivity (Wildman–Crippen MR) is 89.8 cm³/mol. The number of hydrogen-bond acceptors (Lipinski definition) is 4. The number of hydrogen-bond donors (Lipinski definition) is 2. The molecule has 0 heterocycles. The molecule has 1 amide bonds. The van der Waals surface area contributed by atoms with Crippen LogP contribution in [0, 0.1) is 5.92 Å². The number of nitrogens with zero attached hydrogens (tertiary/aromatic N) is 1. The van der Waals surface area contributed by atoms with Crippen molar-refractivity contribution in [3.05, 3.63) is 29.8 Å². The molecule has 2 unspecified atom stereocenters. The molecule has 22 heavy (non-hydrogen) atoms.